The fourth-order valence-corrected chi connectivity index (χ4v) is 0.711. The molecule has 1 aliphatic rings. The van der Waals surface area contributed by atoms with E-state index < -0.39 is 37.4 Å². The lowest BCUT2D eigenvalue weighted by atomic mass is 10.0. The van der Waals surface area contributed by atoms with Gasteiger partial charge in [0.2, 0.25) is 0 Å². The Morgan fingerprint density at radius 3 is 2.10 bits per heavy atom. The zero-order valence-corrected chi connectivity index (χ0v) is 5.00. The van der Waals surface area contributed by atoms with E-state index in [1.807, 2.05) is 0 Å². The summed E-state index contributed by atoms with van der Waals surface area (Å²) in [7, 11) is 0. The van der Waals surface area contributed by atoms with E-state index in [-0.39, 0.29) is 0 Å². The second-order valence-electron chi connectivity index (χ2n) is 2.32. The van der Waals surface area contributed by atoms with Crippen molar-refractivity contribution in [3.8, 4) is 0 Å². The third-order valence-corrected chi connectivity index (χ3v) is 1.59. The van der Waals surface area contributed by atoms with Crippen molar-refractivity contribution in [3.63, 3.8) is 0 Å². The number of hydrogen-bond donors (Lipinski definition) is 1. The summed E-state index contributed by atoms with van der Waals surface area (Å²) in [6.45, 7) is -3.49. The molecule has 4 heteroatoms. The smallest absolute Gasteiger partial charge is 0.394 e. The summed E-state index contributed by atoms with van der Waals surface area (Å²) >= 11 is 0. The van der Waals surface area contributed by atoms with Gasteiger partial charge in [-0.05, 0) is 19.2 Å². The van der Waals surface area contributed by atoms with Crippen LogP contribution in [0.25, 0.3) is 0 Å². The number of alkyl halides is 3. The molecule has 0 atom stereocenters. The van der Waals surface area contributed by atoms with Gasteiger partial charge < -0.3 is 5.11 Å². The van der Waals surface area contributed by atoms with Crippen LogP contribution in [0.5, 0.6) is 0 Å². The third-order valence-electron chi connectivity index (χ3n) is 1.59. The molecule has 1 fully saturated rings. The molecule has 0 bridgehead atoms. The minimum Gasteiger partial charge on any atom is -0.396 e. The maximum Gasteiger partial charge on any atom is 0.394 e. The van der Waals surface area contributed by atoms with E-state index in [9.17, 15) is 13.2 Å². The van der Waals surface area contributed by atoms with Crippen molar-refractivity contribution in [1.82, 2.24) is 0 Å². The van der Waals surface area contributed by atoms with E-state index >= 15 is 0 Å². The molecule has 1 nitrogen and oxygen atoms in total. The molecule has 0 radical (unpaired) electrons. The van der Waals surface area contributed by atoms with Crippen LogP contribution in [0.1, 0.15) is 24.7 Å². The Hall–Kier alpha value is -0.250. The highest BCUT2D eigenvalue weighted by Gasteiger charge is 2.62. The van der Waals surface area contributed by atoms with Crippen LogP contribution >= 0.6 is 0 Å². The van der Waals surface area contributed by atoms with Gasteiger partial charge in [0, 0.05) is 9.30 Å². The van der Waals surface area contributed by atoms with E-state index in [0.29, 0.717) is 0 Å². The summed E-state index contributed by atoms with van der Waals surface area (Å²) in [5, 5.41) is 8.74. The molecule has 0 aromatic carbocycles. The van der Waals surface area contributed by atoms with Crippen molar-refractivity contribution in [2.24, 2.45) is 5.41 Å². The van der Waals surface area contributed by atoms with Crippen LogP contribution in [0, 0.1) is 5.41 Å². The molecule has 0 saturated heterocycles. The average Bonchev–Trinajstić information content (AvgIpc) is 2.58. The largest absolute Gasteiger partial charge is 0.396 e. The van der Waals surface area contributed by atoms with E-state index in [0.717, 1.165) is 0 Å². The highest BCUT2D eigenvalue weighted by Crippen LogP contribution is 2.59. The Balaban J connectivity index is 3.05. The van der Waals surface area contributed by atoms with Gasteiger partial charge in [-0.15, -0.1) is 0 Å². The van der Waals surface area contributed by atoms with Crippen LogP contribution in [-0.4, -0.2) is 17.8 Å². The maximum atomic E-state index is 12.4. The Kier molecular flexibility index (Phi) is 0.836. The first-order chi connectivity index (χ1) is 5.96. The standard InChI is InChI=1S/C6H9F3O/c7-6(8,9)5(1-2-5)3-4-10/h10H,1-4H2/i3D2,4D2. The summed E-state index contributed by atoms with van der Waals surface area (Å²) in [6, 6.07) is 0. The number of hydrogen-bond acceptors (Lipinski definition) is 1. The monoisotopic (exact) mass is 158 g/mol. The van der Waals surface area contributed by atoms with Crippen LogP contribution in [0.3, 0.4) is 0 Å². The quantitative estimate of drug-likeness (QED) is 0.648. The third kappa shape index (κ3) is 1.12. The SMILES string of the molecule is [2H]C([2H])(O)C([2H])([2H])C1(C(F)(F)F)CC1. The Morgan fingerprint density at radius 2 is 2.00 bits per heavy atom. The van der Waals surface area contributed by atoms with Crippen molar-refractivity contribution >= 4 is 0 Å². The lowest BCUT2D eigenvalue weighted by molar-refractivity contribution is -0.190. The average molecular weight is 158 g/mol. The Morgan fingerprint density at radius 1 is 1.50 bits per heavy atom. The summed E-state index contributed by atoms with van der Waals surface area (Å²) in [4.78, 5) is 0. The van der Waals surface area contributed by atoms with Crippen LogP contribution in [0.2, 0.25) is 0 Å². The van der Waals surface area contributed by atoms with Gasteiger partial charge in [-0.1, -0.05) is 0 Å². The summed E-state index contributed by atoms with van der Waals surface area (Å²) < 4.78 is 64.6. The van der Waals surface area contributed by atoms with Crippen molar-refractivity contribution < 1.29 is 23.8 Å². The molecule has 0 spiro atoms. The molecule has 1 aliphatic carbocycles. The van der Waals surface area contributed by atoms with Crippen molar-refractivity contribution in [2.45, 2.75) is 25.4 Å². The summed E-state index contributed by atoms with van der Waals surface area (Å²) in [5.74, 6) is 0. The minimum atomic E-state index is -4.83. The van der Waals surface area contributed by atoms with Gasteiger partial charge in [0.05, 0.1) is 8.16 Å². The number of halogens is 3. The van der Waals surface area contributed by atoms with Gasteiger partial charge in [-0.3, -0.25) is 0 Å². The van der Waals surface area contributed by atoms with E-state index in [2.05, 4.69) is 0 Å². The molecule has 0 aromatic heterocycles. The fourth-order valence-electron chi connectivity index (χ4n) is 0.711. The Labute approximate surface area is 62.5 Å². The molecule has 1 saturated carbocycles. The molecular formula is C6H9F3O. The Bertz CT molecular complexity index is 226. The second kappa shape index (κ2) is 2.12. The fraction of sp³-hybridized carbons (Fsp3) is 1.00. The molecule has 0 aliphatic heterocycles. The summed E-state index contributed by atoms with van der Waals surface area (Å²) in [5.41, 5.74) is -2.72. The zero-order chi connectivity index (χ0) is 11.4. The topological polar surface area (TPSA) is 20.2 Å². The lowest BCUT2D eigenvalue weighted by Crippen LogP contribution is -2.25. The second-order valence-corrected chi connectivity index (χ2v) is 2.32. The zero-order valence-electron chi connectivity index (χ0n) is 9.00. The summed E-state index contributed by atoms with van der Waals surface area (Å²) in [6.07, 6.45) is -9.10. The lowest BCUT2D eigenvalue weighted by Gasteiger charge is -2.16. The number of aliphatic hydroxyl groups is 1. The highest BCUT2D eigenvalue weighted by atomic mass is 19.4. The molecule has 10 heavy (non-hydrogen) atoms. The van der Waals surface area contributed by atoms with Crippen LogP contribution in [-0.2, 0) is 0 Å². The van der Waals surface area contributed by atoms with Crippen molar-refractivity contribution in [2.75, 3.05) is 6.56 Å². The van der Waals surface area contributed by atoms with Gasteiger partial charge in [-0.25, -0.2) is 0 Å². The molecular weight excluding hydrogens is 145 g/mol. The molecule has 1 N–H and O–H groups in total. The molecule has 1 rings (SSSR count). The first-order valence-corrected chi connectivity index (χ1v) is 2.75. The maximum absolute atomic E-state index is 12.4. The first-order valence-electron chi connectivity index (χ1n) is 4.75. The van der Waals surface area contributed by atoms with Gasteiger partial charge in [-0.2, -0.15) is 13.2 Å². The number of rotatable bonds is 2. The van der Waals surface area contributed by atoms with Crippen molar-refractivity contribution in [3.05, 3.63) is 0 Å². The van der Waals surface area contributed by atoms with Gasteiger partial charge in [0.15, 0.2) is 0 Å². The van der Waals surface area contributed by atoms with Gasteiger partial charge in [0.1, 0.15) is 0 Å². The van der Waals surface area contributed by atoms with Gasteiger partial charge >= 0.3 is 6.18 Å². The first kappa shape index (κ1) is 3.95. The molecule has 0 unspecified atom stereocenters. The normalized spacial score (nSPS) is 31.6. The van der Waals surface area contributed by atoms with Crippen LogP contribution in [0.4, 0.5) is 13.2 Å². The van der Waals surface area contributed by atoms with Crippen LogP contribution in [0.15, 0.2) is 0 Å². The van der Waals surface area contributed by atoms with Crippen molar-refractivity contribution in [1.29, 1.82) is 0 Å². The molecule has 0 heterocycles. The predicted molar refractivity (Wildman–Crippen MR) is 29.4 cm³/mol. The van der Waals surface area contributed by atoms with E-state index in [1.165, 1.54) is 0 Å². The van der Waals surface area contributed by atoms with Crippen LogP contribution < -0.4 is 0 Å². The minimum absolute atomic E-state index is 0.483. The molecule has 60 valence electrons. The molecule has 0 amide bonds. The predicted octanol–water partition coefficient (Wildman–Crippen LogP) is 1.71. The van der Waals surface area contributed by atoms with Gasteiger partial charge in [0.25, 0.3) is 0 Å². The van der Waals surface area contributed by atoms with E-state index in [1.54, 1.807) is 0 Å². The highest BCUT2D eigenvalue weighted by molar-refractivity contribution is 4.98. The molecule has 0 aromatic rings. The van der Waals surface area contributed by atoms with E-state index in [4.69, 9.17) is 10.6 Å².